The number of rotatable bonds is 8. The Balaban J connectivity index is 2.19. The van der Waals surface area contributed by atoms with Crippen molar-refractivity contribution < 1.29 is 0 Å². The van der Waals surface area contributed by atoms with E-state index in [0.29, 0.717) is 18.0 Å². The molecule has 2 heterocycles. The standard InChI is InChI=1S/C26H37N5O/c1-9-12-20-22(16(4)5)28-25-24(23(17(6)7)29-31(25)26(20)32)27-21-14-13-19(15-18(21)8)30(10-2)11-3/h13-17H,9-12H2,1-8H3. The minimum Gasteiger partial charge on any atom is -0.372 e. The Labute approximate surface area is 192 Å². The maximum Gasteiger partial charge on any atom is 0.277 e. The average Bonchev–Trinajstić information content (AvgIpc) is 3.11. The summed E-state index contributed by atoms with van der Waals surface area (Å²) in [7, 11) is 0. The van der Waals surface area contributed by atoms with Crippen LogP contribution in [0.3, 0.4) is 0 Å². The van der Waals surface area contributed by atoms with E-state index < -0.39 is 0 Å². The molecule has 32 heavy (non-hydrogen) atoms. The Hall–Kier alpha value is -2.76. The van der Waals surface area contributed by atoms with Crippen LogP contribution in [0.25, 0.3) is 0 Å². The number of anilines is 1. The quantitative estimate of drug-likeness (QED) is 0.552. The molecule has 1 aliphatic heterocycles. The molecule has 0 aliphatic carbocycles. The zero-order chi connectivity index (χ0) is 23.6. The van der Waals surface area contributed by atoms with Crippen LogP contribution in [0.4, 0.5) is 11.4 Å². The van der Waals surface area contributed by atoms with Gasteiger partial charge < -0.3 is 4.90 Å². The number of aliphatic imine (C=N–C) groups is 1. The highest BCUT2D eigenvalue weighted by atomic mass is 16.1. The van der Waals surface area contributed by atoms with E-state index in [2.05, 4.69) is 78.5 Å². The number of hydrogen-bond donors (Lipinski definition) is 0. The van der Waals surface area contributed by atoms with Gasteiger partial charge in [-0.3, -0.25) is 4.79 Å². The van der Waals surface area contributed by atoms with Crippen LogP contribution >= 0.6 is 0 Å². The number of aryl methyl sites for hydroxylation is 1. The fourth-order valence-electron chi connectivity index (χ4n) is 4.21. The van der Waals surface area contributed by atoms with E-state index in [1.165, 1.54) is 10.4 Å². The lowest BCUT2D eigenvalue weighted by Gasteiger charge is -2.21. The van der Waals surface area contributed by atoms with Gasteiger partial charge in [0.2, 0.25) is 0 Å². The van der Waals surface area contributed by atoms with Crippen LogP contribution in [0.1, 0.15) is 83.5 Å². The van der Waals surface area contributed by atoms with Crippen molar-refractivity contribution in [3.8, 4) is 0 Å². The van der Waals surface area contributed by atoms with Crippen LogP contribution in [-0.4, -0.2) is 34.2 Å². The molecular formula is C26H37N5O. The van der Waals surface area contributed by atoms with Gasteiger partial charge >= 0.3 is 0 Å². The van der Waals surface area contributed by atoms with Gasteiger partial charge in [0.25, 0.3) is 5.56 Å². The van der Waals surface area contributed by atoms with E-state index in [0.717, 1.165) is 47.7 Å². The summed E-state index contributed by atoms with van der Waals surface area (Å²) in [6, 6.07) is 6.35. The number of nitrogens with zero attached hydrogens (tertiary/aromatic N) is 5. The van der Waals surface area contributed by atoms with Crippen LogP contribution < -0.4 is 10.5 Å². The highest BCUT2D eigenvalue weighted by Crippen LogP contribution is 2.28. The lowest BCUT2D eigenvalue weighted by molar-refractivity contribution is 0.702. The van der Waals surface area contributed by atoms with Crippen molar-refractivity contribution in [3.05, 3.63) is 51.2 Å². The second-order valence-corrected chi connectivity index (χ2v) is 9.06. The maximum atomic E-state index is 13.4. The van der Waals surface area contributed by atoms with Gasteiger partial charge in [-0.1, -0.05) is 41.0 Å². The summed E-state index contributed by atoms with van der Waals surface area (Å²) >= 11 is 0. The first kappa shape index (κ1) is 23.9. The summed E-state index contributed by atoms with van der Waals surface area (Å²) in [5.41, 5.74) is 6.28. The van der Waals surface area contributed by atoms with Crippen LogP contribution in [0.15, 0.2) is 33.1 Å². The molecule has 0 bridgehead atoms. The maximum absolute atomic E-state index is 13.4. The van der Waals surface area contributed by atoms with E-state index in [9.17, 15) is 4.79 Å². The molecule has 0 amide bonds. The van der Waals surface area contributed by atoms with Crippen molar-refractivity contribution in [3.63, 3.8) is 0 Å². The Morgan fingerprint density at radius 1 is 1.06 bits per heavy atom. The molecule has 1 aliphatic rings. The highest BCUT2D eigenvalue weighted by molar-refractivity contribution is 6.49. The fourth-order valence-corrected chi connectivity index (χ4v) is 4.21. The first-order chi connectivity index (χ1) is 15.2. The first-order valence-corrected chi connectivity index (χ1v) is 11.9. The molecule has 0 N–H and O–H groups in total. The van der Waals surface area contributed by atoms with E-state index in [-0.39, 0.29) is 17.4 Å². The normalized spacial score (nSPS) is 14.4. The van der Waals surface area contributed by atoms with Gasteiger partial charge in [-0.25, -0.2) is 9.98 Å². The SMILES string of the molecule is CCCc1c(C(C)C)nc2n(c1=O)N=C(C(C)C)C2=Nc1ccc(N(CC)CC)cc1C. The summed E-state index contributed by atoms with van der Waals surface area (Å²) in [6.07, 6.45) is 1.61. The summed E-state index contributed by atoms with van der Waals surface area (Å²) in [5.74, 6) is 0.853. The van der Waals surface area contributed by atoms with Gasteiger partial charge in [0.15, 0.2) is 5.82 Å². The molecular weight excluding hydrogens is 398 g/mol. The van der Waals surface area contributed by atoms with Crippen LogP contribution in [-0.2, 0) is 6.42 Å². The third-order valence-electron chi connectivity index (χ3n) is 5.98. The number of hydrogen-bond acceptors (Lipinski definition) is 5. The van der Waals surface area contributed by atoms with Gasteiger partial charge in [-0.15, -0.1) is 0 Å². The second kappa shape index (κ2) is 9.80. The Morgan fingerprint density at radius 2 is 1.75 bits per heavy atom. The Kier molecular flexibility index (Phi) is 7.32. The summed E-state index contributed by atoms with van der Waals surface area (Å²) in [4.78, 5) is 25.6. The molecule has 0 saturated carbocycles. The summed E-state index contributed by atoms with van der Waals surface area (Å²) in [5, 5.41) is 4.69. The van der Waals surface area contributed by atoms with Crippen LogP contribution in [0.5, 0.6) is 0 Å². The van der Waals surface area contributed by atoms with Crippen molar-refractivity contribution in [2.45, 2.75) is 74.1 Å². The molecule has 3 rings (SSSR count). The number of fused-ring (bicyclic) bond motifs is 1. The van der Waals surface area contributed by atoms with Gasteiger partial charge in [-0.05, 0) is 62.8 Å². The van der Waals surface area contributed by atoms with E-state index in [1.54, 1.807) is 0 Å². The molecule has 172 valence electrons. The molecule has 0 fully saturated rings. The zero-order valence-electron chi connectivity index (χ0n) is 20.9. The summed E-state index contributed by atoms with van der Waals surface area (Å²) < 4.78 is 1.48. The van der Waals surface area contributed by atoms with Crippen molar-refractivity contribution >= 4 is 22.8 Å². The molecule has 6 heteroatoms. The molecule has 0 spiro atoms. The third kappa shape index (κ3) is 4.41. The molecule has 1 aromatic heterocycles. The van der Waals surface area contributed by atoms with Gasteiger partial charge in [-0.2, -0.15) is 9.78 Å². The minimum atomic E-state index is -0.0579. The van der Waals surface area contributed by atoms with Crippen molar-refractivity contribution in [2.24, 2.45) is 16.0 Å². The Morgan fingerprint density at radius 3 is 2.28 bits per heavy atom. The molecule has 0 atom stereocenters. The Bertz CT molecular complexity index is 1100. The van der Waals surface area contributed by atoms with Gasteiger partial charge in [0.05, 0.1) is 17.1 Å². The molecule has 2 aromatic rings. The third-order valence-corrected chi connectivity index (χ3v) is 5.98. The molecule has 1 aromatic carbocycles. The molecule has 0 saturated heterocycles. The summed E-state index contributed by atoms with van der Waals surface area (Å²) in [6.45, 7) is 18.8. The second-order valence-electron chi connectivity index (χ2n) is 9.06. The molecule has 0 unspecified atom stereocenters. The lowest BCUT2D eigenvalue weighted by atomic mass is 10.00. The topological polar surface area (TPSA) is 62.9 Å². The van der Waals surface area contributed by atoms with Gasteiger partial charge in [0.1, 0.15) is 5.71 Å². The van der Waals surface area contributed by atoms with E-state index in [4.69, 9.17) is 15.1 Å². The van der Waals surface area contributed by atoms with E-state index in [1.807, 2.05) is 0 Å². The number of benzene rings is 1. The predicted molar refractivity (Wildman–Crippen MR) is 135 cm³/mol. The predicted octanol–water partition coefficient (Wildman–Crippen LogP) is 5.47. The van der Waals surface area contributed by atoms with Crippen molar-refractivity contribution in [2.75, 3.05) is 18.0 Å². The highest BCUT2D eigenvalue weighted by Gasteiger charge is 2.30. The largest absolute Gasteiger partial charge is 0.372 e. The van der Waals surface area contributed by atoms with Crippen molar-refractivity contribution in [1.82, 2.24) is 9.66 Å². The monoisotopic (exact) mass is 435 g/mol. The van der Waals surface area contributed by atoms with E-state index >= 15 is 0 Å². The van der Waals surface area contributed by atoms with Crippen molar-refractivity contribution in [1.29, 1.82) is 0 Å². The zero-order valence-corrected chi connectivity index (χ0v) is 20.9. The smallest absolute Gasteiger partial charge is 0.277 e. The van der Waals surface area contributed by atoms with Crippen LogP contribution in [0.2, 0.25) is 0 Å². The lowest BCUT2D eigenvalue weighted by Crippen LogP contribution is -2.28. The average molecular weight is 436 g/mol. The van der Waals surface area contributed by atoms with Gasteiger partial charge in [0, 0.05) is 24.3 Å². The molecule has 0 radical (unpaired) electrons. The number of aromatic nitrogens is 2. The fraction of sp³-hybridized carbons (Fsp3) is 0.538. The van der Waals surface area contributed by atoms with Crippen LogP contribution in [0, 0.1) is 12.8 Å². The minimum absolute atomic E-state index is 0.0579. The molecule has 6 nitrogen and oxygen atoms in total. The first-order valence-electron chi connectivity index (χ1n) is 11.9.